The van der Waals surface area contributed by atoms with Gasteiger partial charge in [0, 0.05) is 5.02 Å². The van der Waals surface area contributed by atoms with E-state index >= 15 is 0 Å². The van der Waals surface area contributed by atoms with Gasteiger partial charge in [0.05, 0.1) is 12.2 Å². The molecule has 2 heterocycles. The lowest BCUT2D eigenvalue weighted by Gasteiger charge is -2.24. The smallest absolute Gasteiger partial charge is 0.313 e. The van der Waals surface area contributed by atoms with Crippen molar-refractivity contribution in [3.05, 3.63) is 52.9 Å². The molecule has 0 unspecified atom stereocenters. The van der Waals surface area contributed by atoms with Gasteiger partial charge in [0.15, 0.2) is 12.4 Å². The Kier molecular flexibility index (Phi) is 5.43. The van der Waals surface area contributed by atoms with E-state index in [4.69, 9.17) is 25.5 Å². The topological polar surface area (TPSA) is 107 Å². The van der Waals surface area contributed by atoms with E-state index in [1.54, 1.807) is 18.2 Å². The highest BCUT2D eigenvalue weighted by Gasteiger charge is 2.28. The van der Waals surface area contributed by atoms with E-state index in [1.165, 1.54) is 18.4 Å². The largest absolute Gasteiger partial charge is 0.492 e. The van der Waals surface area contributed by atoms with Crippen LogP contribution in [0.5, 0.6) is 5.75 Å². The van der Waals surface area contributed by atoms with Crippen molar-refractivity contribution in [3.63, 3.8) is 0 Å². The maximum atomic E-state index is 12.1. The molecule has 3 rings (SSSR count). The summed E-state index contributed by atoms with van der Waals surface area (Å²) in [5.41, 5.74) is 5.08. The molecular weight excluding hydrogens is 364 g/mol. The van der Waals surface area contributed by atoms with Crippen LogP contribution in [-0.2, 0) is 20.7 Å². The normalized spacial score (nSPS) is 15.3. The number of fused-ring (bicyclic) bond motifs is 1. The Morgan fingerprint density at radius 2 is 2.08 bits per heavy atom. The van der Waals surface area contributed by atoms with Crippen molar-refractivity contribution in [1.82, 2.24) is 10.9 Å². The molecule has 0 aliphatic carbocycles. The van der Waals surface area contributed by atoms with Gasteiger partial charge in [-0.15, -0.1) is 0 Å². The Hall–Kier alpha value is -3.00. The van der Waals surface area contributed by atoms with E-state index in [2.05, 4.69) is 10.9 Å². The van der Waals surface area contributed by atoms with Crippen molar-refractivity contribution in [2.45, 2.75) is 6.42 Å². The fourth-order valence-electron chi connectivity index (χ4n) is 2.40. The summed E-state index contributed by atoms with van der Waals surface area (Å²) >= 11 is 5.94. The van der Waals surface area contributed by atoms with E-state index in [9.17, 15) is 14.4 Å². The Morgan fingerprint density at radius 1 is 1.23 bits per heavy atom. The van der Waals surface area contributed by atoms with Crippen LogP contribution < -0.4 is 15.6 Å². The van der Waals surface area contributed by atoms with Crippen LogP contribution in [0.2, 0.25) is 5.02 Å². The van der Waals surface area contributed by atoms with Crippen molar-refractivity contribution < 1.29 is 28.3 Å². The van der Waals surface area contributed by atoms with Crippen LogP contribution >= 0.6 is 11.6 Å². The number of esters is 1. The van der Waals surface area contributed by atoms with Crippen LogP contribution in [0.4, 0.5) is 0 Å². The predicted octanol–water partition coefficient (Wildman–Crippen LogP) is 1.49. The number of hydrogen-bond acceptors (Lipinski definition) is 6. The Morgan fingerprint density at radius 3 is 2.85 bits per heavy atom. The highest BCUT2D eigenvalue weighted by Crippen LogP contribution is 2.30. The molecule has 1 atom stereocenters. The number of halogens is 1. The summed E-state index contributed by atoms with van der Waals surface area (Å²) in [5, 5.41) is 0.549. The summed E-state index contributed by atoms with van der Waals surface area (Å²) < 4.78 is 15.4. The van der Waals surface area contributed by atoms with Gasteiger partial charge in [-0.1, -0.05) is 11.6 Å². The van der Waals surface area contributed by atoms with E-state index < -0.39 is 30.3 Å². The summed E-state index contributed by atoms with van der Waals surface area (Å²) in [6.07, 6.45) is 1.74. The number of hydrogen-bond donors (Lipinski definition) is 2. The third-order valence-electron chi connectivity index (χ3n) is 3.67. The van der Waals surface area contributed by atoms with Gasteiger partial charge in [-0.3, -0.25) is 25.2 Å². The zero-order valence-corrected chi connectivity index (χ0v) is 14.2. The fourth-order valence-corrected chi connectivity index (χ4v) is 2.60. The monoisotopic (exact) mass is 378 g/mol. The summed E-state index contributed by atoms with van der Waals surface area (Å²) in [4.78, 5) is 35.4. The number of ether oxygens (including phenoxy) is 2. The zero-order valence-electron chi connectivity index (χ0n) is 13.5. The predicted molar refractivity (Wildman–Crippen MR) is 89.4 cm³/mol. The molecule has 1 aromatic carbocycles. The average molecular weight is 379 g/mol. The lowest BCUT2D eigenvalue weighted by atomic mass is 9.97. The molecule has 2 amide bonds. The lowest BCUT2D eigenvalue weighted by molar-refractivity contribution is -0.154. The van der Waals surface area contributed by atoms with E-state index in [-0.39, 0.29) is 12.4 Å². The van der Waals surface area contributed by atoms with Gasteiger partial charge in [-0.25, -0.2) is 0 Å². The summed E-state index contributed by atoms with van der Waals surface area (Å²) in [6, 6.07) is 8.16. The Balaban J connectivity index is 1.44. The first kappa shape index (κ1) is 17.8. The Labute approximate surface area is 153 Å². The van der Waals surface area contributed by atoms with E-state index in [1.807, 2.05) is 0 Å². The average Bonchev–Trinajstić information content (AvgIpc) is 3.18. The van der Waals surface area contributed by atoms with Crippen LogP contribution in [0.3, 0.4) is 0 Å². The molecule has 2 aromatic rings. The number of amides is 2. The second kappa shape index (κ2) is 7.92. The molecule has 136 valence electrons. The third kappa shape index (κ3) is 4.34. The minimum Gasteiger partial charge on any atom is -0.492 e. The first-order valence-corrected chi connectivity index (χ1v) is 8.11. The van der Waals surface area contributed by atoms with E-state index in [0.29, 0.717) is 17.2 Å². The number of hydrazine groups is 1. The second-order valence-electron chi connectivity index (χ2n) is 5.55. The number of furan rings is 1. The molecule has 0 saturated carbocycles. The van der Waals surface area contributed by atoms with Gasteiger partial charge in [0.25, 0.3) is 5.91 Å². The van der Waals surface area contributed by atoms with Gasteiger partial charge < -0.3 is 13.9 Å². The minimum atomic E-state index is -0.682. The zero-order chi connectivity index (χ0) is 18.5. The number of nitrogens with one attached hydrogen (secondary N) is 2. The SMILES string of the molecule is O=C(COC(=O)[C@H]1COc2ccc(Cl)cc2C1)NNC(=O)c1ccco1. The van der Waals surface area contributed by atoms with Crippen LogP contribution in [0.25, 0.3) is 0 Å². The van der Waals surface area contributed by atoms with Crippen molar-refractivity contribution >= 4 is 29.4 Å². The van der Waals surface area contributed by atoms with Gasteiger partial charge in [0.1, 0.15) is 12.4 Å². The molecule has 0 radical (unpaired) electrons. The molecule has 1 aliphatic rings. The molecule has 9 heteroatoms. The quantitative estimate of drug-likeness (QED) is 0.616. The highest BCUT2D eigenvalue weighted by atomic mass is 35.5. The van der Waals surface area contributed by atoms with Crippen molar-refractivity contribution in [2.75, 3.05) is 13.2 Å². The van der Waals surface area contributed by atoms with Gasteiger partial charge in [-0.2, -0.15) is 0 Å². The fraction of sp³-hybridized carbons (Fsp3) is 0.235. The highest BCUT2D eigenvalue weighted by molar-refractivity contribution is 6.30. The molecule has 0 bridgehead atoms. The maximum Gasteiger partial charge on any atom is 0.313 e. The van der Waals surface area contributed by atoms with Crippen LogP contribution in [-0.4, -0.2) is 31.0 Å². The van der Waals surface area contributed by atoms with Crippen LogP contribution in [0.1, 0.15) is 16.1 Å². The van der Waals surface area contributed by atoms with E-state index in [0.717, 1.165) is 5.56 Å². The molecule has 8 nitrogen and oxygen atoms in total. The van der Waals surface area contributed by atoms with Crippen molar-refractivity contribution in [2.24, 2.45) is 5.92 Å². The molecule has 26 heavy (non-hydrogen) atoms. The summed E-state index contributed by atoms with van der Waals surface area (Å²) in [5.74, 6) is -1.69. The van der Waals surface area contributed by atoms with Gasteiger partial charge in [0.2, 0.25) is 0 Å². The molecule has 0 fully saturated rings. The van der Waals surface area contributed by atoms with Crippen molar-refractivity contribution in [1.29, 1.82) is 0 Å². The number of rotatable bonds is 4. The maximum absolute atomic E-state index is 12.1. The van der Waals surface area contributed by atoms with Gasteiger partial charge >= 0.3 is 11.9 Å². The third-order valence-corrected chi connectivity index (χ3v) is 3.90. The summed E-state index contributed by atoms with van der Waals surface area (Å²) in [7, 11) is 0. The van der Waals surface area contributed by atoms with Crippen molar-refractivity contribution in [3.8, 4) is 5.75 Å². The van der Waals surface area contributed by atoms with Crippen LogP contribution in [0.15, 0.2) is 41.0 Å². The van der Waals surface area contributed by atoms with Gasteiger partial charge in [-0.05, 0) is 42.3 Å². The standard InChI is InChI=1S/C17H15ClN2O6/c18-12-3-4-13-10(7-12)6-11(8-25-13)17(23)26-9-15(21)19-20-16(22)14-2-1-5-24-14/h1-5,7,11H,6,8-9H2,(H,19,21)(H,20,22)/t11-/m1/s1. The molecule has 1 aromatic heterocycles. The minimum absolute atomic E-state index is 0.0407. The number of benzene rings is 1. The summed E-state index contributed by atoms with van der Waals surface area (Å²) in [6.45, 7) is -0.375. The van der Waals surface area contributed by atoms with Crippen LogP contribution in [0, 0.1) is 5.92 Å². The molecular formula is C17H15ClN2O6. The molecule has 2 N–H and O–H groups in total. The lowest BCUT2D eigenvalue weighted by Crippen LogP contribution is -2.44. The Bertz CT molecular complexity index is 821. The molecule has 0 saturated heterocycles. The second-order valence-corrected chi connectivity index (χ2v) is 5.99. The molecule has 1 aliphatic heterocycles. The first-order valence-electron chi connectivity index (χ1n) is 7.73. The molecule has 0 spiro atoms. The first-order chi connectivity index (χ1) is 12.5. The number of carbonyl (C=O) groups excluding carboxylic acids is 3. The number of carbonyl (C=O) groups is 3.